The predicted molar refractivity (Wildman–Crippen MR) is 52.8 cm³/mol. The van der Waals surface area contributed by atoms with Crippen LogP contribution < -0.4 is 4.74 Å². The second-order valence-corrected chi connectivity index (χ2v) is 3.24. The van der Waals surface area contributed by atoms with Gasteiger partial charge in [-0.3, -0.25) is 0 Å². The highest BCUT2D eigenvalue weighted by Crippen LogP contribution is 2.21. The Hall–Kier alpha value is -1.09. The van der Waals surface area contributed by atoms with Gasteiger partial charge in [-0.2, -0.15) is 0 Å². The lowest BCUT2D eigenvalue weighted by molar-refractivity contribution is 0.198. The van der Waals surface area contributed by atoms with Crippen molar-refractivity contribution in [1.29, 1.82) is 0 Å². The number of aliphatic hydroxyl groups is 1. The molecule has 3 heteroatoms. The third-order valence-corrected chi connectivity index (χ3v) is 1.85. The summed E-state index contributed by atoms with van der Waals surface area (Å²) < 4.78 is 18.3. The molecule has 0 bridgehead atoms. The summed E-state index contributed by atoms with van der Waals surface area (Å²) in [7, 11) is 0. The van der Waals surface area contributed by atoms with Crippen molar-refractivity contribution in [3.8, 4) is 5.75 Å². The molecule has 78 valence electrons. The Bertz CT molecular complexity index is 297. The summed E-state index contributed by atoms with van der Waals surface area (Å²) in [5.74, 6) is 0.0947. The minimum atomic E-state index is -0.672. The lowest BCUT2D eigenvalue weighted by Gasteiger charge is -2.09. The van der Waals surface area contributed by atoms with Gasteiger partial charge in [0, 0.05) is 6.07 Å². The molecule has 0 heterocycles. The molecule has 0 aliphatic heterocycles. The van der Waals surface area contributed by atoms with E-state index in [1.807, 2.05) is 6.92 Å². The maximum Gasteiger partial charge on any atom is 0.127 e. The standard InChI is InChI=1S/C11H15FO2/c1-3-4-14-11-6-9(8(2)13)5-10(12)7-11/h5-8,13H,3-4H2,1-2H3/t8-/m0/s1. The number of ether oxygens (including phenoxy) is 1. The number of hydrogen-bond acceptors (Lipinski definition) is 2. The summed E-state index contributed by atoms with van der Waals surface area (Å²) >= 11 is 0. The molecule has 0 amide bonds. The van der Waals surface area contributed by atoms with Gasteiger partial charge in [0.2, 0.25) is 0 Å². The third-order valence-electron chi connectivity index (χ3n) is 1.85. The summed E-state index contributed by atoms with van der Waals surface area (Å²) in [5, 5.41) is 9.28. The van der Waals surface area contributed by atoms with Gasteiger partial charge in [-0.15, -0.1) is 0 Å². The Morgan fingerprint density at radius 1 is 1.43 bits per heavy atom. The summed E-state index contributed by atoms with van der Waals surface area (Å²) in [5.41, 5.74) is 0.538. The van der Waals surface area contributed by atoms with E-state index in [1.54, 1.807) is 13.0 Å². The van der Waals surface area contributed by atoms with E-state index in [0.29, 0.717) is 17.9 Å². The SMILES string of the molecule is CCCOc1cc(F)cc([C@H](C)O)c1. The van der Waals surface area contributed by atoms with Crippen molar-refractivity contribution in [2.75, 3.05) is 6.61 Å². The molecular formula is C11H15FO2. The number of benzene rings is 1. The second-order valence-electron chi connectivity index (χ2n) is 3.24. The van der Waals surface area contributed by atoms with E-state index in [-0.39, 0.29) is 5.82 Å². The van der Waals surface area contributed by atoms with E-state index >= 15 is 0 Å². The van der Waals surface area contributed by atoms with Crippen LogP contribution in [0.15, 0.2) is 18.2 Å². The number of aliphatic hydroxyl groups excluding tert-OH is 1. The Morgan fingerprint density at radius 2 is 2.14 bits per heavy atom. The van der Waals surface area contributed by atoms with Gasteiger partial charge in [0.25, 0.3) is 0 Å². The quantitative estimate of drug-likeness (QED) is 0.806. The first-order chi connectivity index (χ1) is 6.63. The van der Waals surface area contributed by atoms with Crippen LogP contribution in [0.2, 0.25) is 0 Å². The Morgan fingerprint density at radius 3 is 2.71 bits per heavy atom. The number of halogens is 1. The monoisotopic (exact) mass is 198 g/mol. The van der Waals surface area contributed by atoms with Crippen LogP contribution in [0.3, 0.4) is 0 Å². The molecule has 0 saturated heterocycles. The van der Waals surface area contributed by atoms with Gasteiger partial charge in [0.1, 0.15) is 11.6 Å². The molecule has 0 spiro atoms. The van der Waals surface area contributed by atoms with Crippen molar-refractivity contribution in [3.63, 3.8) is 0 Å². The van der Waals surface area contributed by atoms with Crippen molar-refractivity contribution in [2.45, 2.75) is 26.4 Å². The molecule has 1 aromatic carbocycles. The van der Waals surface area contributed by atoms with E-state index in [9.17, 15) is 9.50 Å². The van der Waals surface area contributed by atoms with Crippen LogP contribution >= 0.6 is 0 Å². The molecule has 14 heavy (non-hydrogen) atoms. The topological polar surface area (TPSA) is 29.5 Å². The molecule has 0 fully saturated rings. The zero-order chi connectivity index (χ0) is 10.6. The highest BCUT2D eigenvalue weighted by Gasteiger charge is 2.05. The van der Waals surface area contributed by atoms with Gasteiger partial charge < -0.3 is 9.84 Å². The fourth-order valence-corrected chi connectivity index (χ4v) is 1.13. The average molecular weight is 198 g/mol. The van der Waals surface area contributed by atoms with Crippen LogP contribution in [0.25, 0.3) is 0 Å². The van der Waals surface area contributed by atoms with Crippen LogP contribution in [0, 0.1) is 5.82 Å². The molecule has 0 aromatic heterocycles. The van der Waals surface area contributed by atoms with Gasteiger partial charge in [0.15, 0.2) is 0 Å². The van der Waals surface area contributed by atoms with E-state index in [1.165, 1.54) is 12.1 Å². The summed E-state index contributed by atoms with van der Waals surface area (Å²) in [6, 6.07) is 4.29. The summed E-state index contributed by atoms with van der Waals surface area (Å²) in [4.78, 5) is 0. The summed E-state index contributed by atoms with van der Waals surface area (Å²) in [6.07, 6.45) is 0.204. The minimum Gasteiger partial charge on any atom is -0.493 e. The minimum absolute atomic E-state index is 0.380. The van der Waals surface area contributed by atoms with Crippen molar-refractivity contribution < 1.29 is 14.2 Å². The molecular weight excluding hydrogens is 183 g/mol. The Kier molecular flexibility index (Phi) is 3.89. The normalized spacial score (nSPS) is 12.6. The molecule has 1 rings (SSSR count). The van der Waals surface area contributed by atoms with Gasteiger partial charge in [-0.25, -0.2) is 4.39 Å². The zero-order valence-corrected chi connectivity index (χ0v) is 8.46. The predicted octanol–water partition coefficient (Wildman–Crippen LogP) is 2.67. The van der Waals surface area contributed by atoms with E-state index in [2.05, 4.69) is 0 Å². The third kappa shape index (κ3) is 3.00. The van der Waals surface area contributed by atoms with Crippen LogP contribution in [0.1, 0.15) is 31.9 Å². The van der Waals surface area contributed by atoms with Crippen LogP contribution in [0.4, 0.5) is 4.39 Å². The maximum absolute atomic E-state index is 13.0. The molecule has 0 radical (unpaired) electrons. The van der Waals surface area contributed by atoms with Crippen LogP contribution in [0.5, 0.6) is 5.75 Å². The van der Waals surface area contributed by atoms with Gasteiger partial charge in [0.05, 0.1) is 12.7 Å². The first-order valence-corrected chi connectivity index (χ1v) is 4.75. The Balaban J connectivity index is 2.84. The molecule has 0 aliphatic carbocycles. The number of hydrogen-bond donors (Lipinski definition) is 1. The first kappa shape index (κ1) is 11.0. The maximum atomic E-state index is 13.0. The van der Waals surface area contributed by atoms with E-state index in [4.69, 9.17) is 4.74 Å². The average Bonchev–Trinajstić information content (AvgIpc) is 2.14. The summed E-state index contributed by atoms with van der Waals surface area (Å²) in [6.45, 7) is 4.13. The Labute approximate surface area is 83.3 Å². The van der Waals surface area contributed by atoms with Crippen molar-refractivity contribution in [3.05, 3.63) is 29.6 Å². The molecule has 0 aliphatic rings. The van der Waals surface area contributed by atoms with Crippen molar-refractivity contribution >= 4 is 0 Å². The number of rotatable bonds is 4. The second kappa shape index (κ2) is 4.96. The van der Waals surface area contributed by atoms with E-state index in [0.717, 1.165) is 6.42 Å². The van der Waals surface area contributed by atoms with Crippen molar-refractivity contribution in [2.24, 2.45) is 0 Å². The van der Waals surface area contributed by atoms with Gasteiger partial charge in [-0.05, 0) is 31.0 Å². The van der Waals surface area contributed by atoms with E-state index < -0.39 is 6.10 Å². The van der Waals surface area contributed by atoms with Crippen LogP contribution in [-0.2, 0) is 0 Å². The lowest BCUT2D eigenvalue weighted by atomic mass is 10.1. The van der Waals surface area contributed by atoms with Gasteiger partial charge >= 0.3 is 0 Å². The molecule has 1 atom stereocenters. The fourth-order valence-electron chi connectivity index (χ4n) is 1.13. The highest BCUT2D eigenvalue weighted by atomic mass is 19.1. The lowest BCUT2D eigenvalue weighted by Crippen LogP contribution is -1.98. The van der Waals surface area contributed by atoms with Crippen LogP contribution in [-0.4, -0.2) is 11.7 Å². The molecule has 1 N–H and O–H groups in total. The van der Waals surface area contributed by atoms with Gasteiger partial charge in [-0.1, -0.05) is 6.92 Å². The highest BCUT2D eigenvalue weighted by molar-refractivity contribution is 5.30. The fraction of sp³-hybridized carbons (Fsp3) is 0.455. The molecule has 2 nitrogen and oxygen atoms in total. The largest absolute Gasteiger partial charge is 0.493 e. The zero-order valence-electron chi connectivity index (χ0n) is 8.46. The first-order valence-electron chi connectivity index (χ1n) is 4.75. The van der Waals surface area contributed by atoms with Crippen molar-refractivity contribution in [1.82, 2.24) is 0 Å². The molecule has 1 aromatic rings. The molecule has 0 unspecified atom stereocenters. The molecule has 0 saturated carbocycles. The smallest absolute Gasteiger partial charge is 0.127 e.